The molecule has 0 saturated heterocycles. The molecule has 0 heterocycles. The molecule has 1 unspecified atom stereocenters. The number of nitrogens with two attached hydrogens (primary N) is 1. The van der Waals surface area contributed by atoms with E-state index in [1.54, 1.807) is 12.1 Å². The number of hydrogen-bond acceptors (Lipinski definition) is 4. The largest absolute Gasteiger partial charge is 0.493 e. The number of rotatable bonds is 6. The van der Waals surface area contributed by atoms with Crippen molar-refractivity contribution in [2.75, 3.05) is 13.7 Å². The highest BCUT2D eigenvalue weighted by molar-refractivity contribution is 5.96. The first-order valence-corrected chi connectivity index (χ1v) is 8.57. The summed E-state index contributed by atoms with van der Waals surface area (Å²) in [5.74, 6) is -0.354. The highest BCUT2D eigenvalue weighted by Gasteiger charge is 2.22. The first-order valence-electron chi connectivity index (χ1n) is 8.57. The number of para-hydroxylation sites is 1. The van der Waals surface area contributed by atoms with Gasteiger partial charge < -0.3 is 20.5 Å². The lowest BCUT2D eigenvalue weighted by Gasteiger charge is -2.26. The molecular formula is C20H22N2O4. The van der Waals surface area contributed by atoms with Gasteiger partial charge >= 0.3 is 0 Å². The summed E-state index contributed by atoms with van der Waals surface area (Å²) < 4.78 is 10.8. The SMILES string of the molecule is COc1cccc(C(N)=O)c1OCC(=O)NC1CCCc2ccccc21. The number of nitrogens with one attached hydrogen (secondary N) is 1. The zero-order valence-electron chi connectivity index (χ0n) is 14.7. The summed E-state index contributed by atoms with van der Waals surface area (Å²) >= 11 is 0. The standard InChI is InChI=1S/C20H22N2O4/c1-25-17-11-5-9-15(20(21)24)19(17)26-12-18(23)22-16-10-4-7-13-6-2-3-8-14(13)16/h2-3,5-6,8-9,11,16H,4,7,10,12H2,1H3,(H2,21,24)(H,22,23). The molecule has 2 aromatic rings. The molecule has 0 saturated carbocycles. The van der Waals surface area contributed by atoms with E-state index < -0.39 is 5.91 Å². The van der Waals surface area contributed by atoms with Crippen molar-refractivity contribution in [2.45, 2.75) is 25.3 Å². The van der Waals surface area contributed by atoms with Crippen LogP contribution in [0.25, 0.3) is 0 Å². The molecule has 2 amide bonds. The summed E-state index contributed by atoms with van der Waals surface area (Å²) in [5.41, 5.74) is 7.98. The molecule has 0 radical (unpaired) electrons. The fourth-order valence-corrected chi connectivity index (χ4v) is 3.30. The number of benzene rings is 2. The van der Waals surface area contributed by atoms with Crippen LogP contribution >= 0.6 is 0 Å². The highest BCUT2D eigenvalue weighted by Crippen LogP contribution is 2.31. The van der Waals surface area contributed by atoms with E-state index in [0.717, 1.165) is 24.8 Å². The van der Waals surface area contributed by atoms with Crippen molar-refractivity contribution in [2.24, 2.45) is 5.73 Å². The van der Waals surface area contributed by atoms with Gasteiger partial charge in [-0.1, -0.05) is 30.3 Å². The second kappa shape index (κ2) is 7.91. The van der Waals surface area contributed by atoms with E-state index >= 15 is 0 Å². The van der Waals surface area contributed by atoms with Crippen LogP contribution in [0.15, 0.2) is 42.5 Å². The number of ether oxygens (including phenoxy) is 2. The van der Waals surface area contributed by atoms with Crippen LogP contribution in [0.1, 0.15) is 40.4 Å². The first kappa shape index (κ1) is 17.8. The van der Waals surface area contributed by atoms with E-state index in [2.05, 4.69) is 11.4 Å². The zero-order chi connectivity index (χ0) is 18.5. The number of fused-ring (bicyclic) bond motifs is 1. The van der Waals surface area contributed by atoms with Gasteiger partial charge in [0.25, 0.3) is 11.8 Å². The summed E-state index contributed by atoms with van der Waals surface area (Å²) in [6.45, 7) is -0.223. The monoisotopic (exact) mass is 354 g/mol. The Labute approximate surface area is 152 Å². The molecular weight excluding hydrogens is 332 g/mol. The molecule has 0 aliphatic heterocycles. The van der Waals surface area contributed by atoms with Crippen molar-refractivity contribution in [1.29, 1.82) is 0 Å². The molecule has 0 bridgehead atoms. The van der Waals surface area contributed by atoms with Crippen molar-refractivity contribution in [1.82, 2.24) is 5.32 Å². The fraction of sp³-hybridized carbons (Fsp3) is 0.300. The highest BCUT2D eigenvalue weighted by atomic mass is 16.5. The van der Waals surface area contributed by atoms with Crippen molar-refractivity contribution in [3.63, 3.8) is 0 Å². The predicted octanol–water partition coefficient (Wildman–Crippen LogP) is 2.37. The molecule has 3 N–H and O–H groups in total. The second-order valence-corrected chi connectivity index (χ2v) is 6.20. The van der Waals surface area contributed by atoms with E-state index in [9.17, 15) is 9.59 Å². The molecule has 1 aliphatic carbocycles. The Morgan fingerprint density at radius 3 is 2.77 bits per heavy atom. The van der Waals surface area contributed by atoms with Gasteiger partial charge in [-0.15, -0.1) is 0 Å². The average Bonchev–Trinajstić information content (AvgIpc) is 2.66. The second-order valence-electron chi connectivity index (χ2n) is 6.20. The van der Waals surface area contributed by atoms with Crippen LogP contribution in [0.5, 0.6) is 11.5 Å². The van der Waals surface area contributed by atoms with Gasteiger partial charge in [-0.3, -0.25) is 9.59 Å². The molecule has 1 aliphatic rings. The molecule has 3 rings (SSSR count). The third kappa shape index (κ3) is 3.79. The lowest BCUT2D eigenvalue weighted by Crippen LogP contribution is -2.34. The number of carbonyl (C=O) groups excluding carboxylic acids is 2. The van der Waals surface area contributed by atoms with Gasteiger partial charge in [0.1, 0.15) is 0 Å². The quantitative estimate of drug-likeness (QED) is 0.833. The van der Waals surface area contributed by atoms with Crippen LogP contribution < -0.4 is 20.5 Å². The van der Waals surface area contributed by atoms with Gasteiger partial charge in [-0.05, 0) is 42.5 Å². The van der Waals surface area contributed by atoms with Gasteiger partial charge in [0.2, 0.25) is 0 Å². The normalized spacial score (nSPS) is 15.7. The number of aryl methyl sites for hydroxylation is 1. The van der Waals surface area contributed by atoms with Gasteiger partial charge in [0.05, 0.1) is 18.7 Å². The number of hydrogen-bond donors (Lipinski definition) is 2. The minimum absolute atomic E-state index is 0.0238. The summed E-state index contributed by atoms with van der Waals surface area (Å²) in [7, 11) is 1.46. The number of primary amides is 1. The van der Waals surface area contributed by atoms with Gasteiger partial charge in [0.15, 0.2) is 18.1 Å². The maximum Gasteiger partial charge on any atom is 0.258 e. The van der Waals surface area contributed by atoms with Crippen molar-refractivity contribution in [3.05, 3.63) is 59.2 Å². The Hall–Kier alpha value is -3.02. The molecule has 6 heteroatoms. The topological polar surface area (TPSA) is 90.7 Å². The summed E-state index contributed by atoms with van der Waals surface area (Å²) in [6, 6.07) is 12.9. The van der Waals surface area contributed by atoms with Gasteiger partial charge in [-0.25, -0.2) is 0 Å². The summed E-state index contributed by atoms with van der Waals surface area (Å²) in [4.78, 5) is 24.0. The van der Waals surface area contributed by atoms with Crippen molar-refractivity contribution >= 4 is 11.8 Å². The molecule has 1 atom stereocenters. The van der Waals surface area contributed by atoms with Crippen LogP contribution in [0, 0.1) is 0 Å². The van der Waals surface area contributed by atoms with Gasteiger partial charge in [-0.2, -0.15) is 0 Å². The Balaban J connectivity index is 1.68. The number of carbonyl (C=O) groups is 2. The van der Waals surface area contributed by atoms with E-state index in [0.29, 0.717) is 5.75 Å². The lowest BCUT2D eigenvalue weighted by molar-refractivity contribution is -0.124. The molecule has 136 valence electrons. The van der Waals surface area contributed by atoms with Crippen LogP contribution in [-0.4, -0.2) is 25.5 Å². The van der Waals surface area contributed by atoms with Gasteiger partial charge in [0, 0.05) is 0 Å². The maximum atomic E-state index is 12.4. The first-order chi connectivity index (χ1) is 12.6. The predicted molar refractivity (Wildman–Crippen MR) is 97.3 cm³/mol. The van der Waals surface area contributed by atoms with E-state index in [1.165, 1.54) is 18.7 Å². The maximum absolute atomic E-state index is 12.4. The van der Waals surface area contributed by atoms with E-state index in [4.69, 9.17) is 15.2 Å². The smallest absolute Gasteiger partial charge is 0.258 e. The Kier molecular flexibility index (Phi) is 5.41. The zero-order valence-corrected chi connectivity index (χ0v) is 14.7. The fourth-order valence-electron chi connectivity index (χ4n) is 3.30. The average molecular weight is 354 g/mol. The Bertz CT molecular complexity index is 819. The third-order valence-electron chi connectivity index (χ3n) is 4.52. The van der Waals surface area contributed by atoms with Crippen LogP contribution in [0.2, 0.25) is 0 Å². The molecule has 0 aromatic heterocycles. The molecule has 6 nitrogen and oxygen atoms in total. The Morgan fingerprint density at radius 2 is 2.00 bits per heavy atom. The summed E-state index contributed by atoms with van der Waals surface area (Å²) in [5, 5.41) is 3.01. The van der Waals surface area contributed by atoms with E-state index in [1.807, 2.05) is 18.2 Å². The van der Waals surface area contributed by atoms with Crippen molar-refractivity contribution in [3.8, 4) is 11.5 Å². The number of methoxy groups -OCH3 is 1. The van der Waals surface area contributed by atoms with Crippen LogP contribution in [0.4, 0.5) is 0 Å². The lowest BCUT2D eigenvalue weighted by atomic mass is 9.88. The van der Waals surface area contributed by atoms with Crippen LogP contribution in [-0.2, 0) is 11.2 Å². The minimum Gasteiger partial charge on any atom is -0.493 e. The molecule has 0 fully saturated rings. The Morgan fingerprint density at radius 1 is 1.19 bits per heavy atom. The third-order valence-corrected chi connectivity index (χ3v) is 4.52. The molecule has 0 spiro atoms. The van der Waals surface area contributed by atoms with E-state index in [-0.39, 0.29) is 29.9 Å². The number of amides is 2. The van der Waals surface area contributed by atoms with Crippen LogP contribution in [0.3, 0.4) is 0 Å². The van der Waals surface area contributed by atoms with Crippen molar-refractivity contribution < 1.29 is 19.1 Å². The summed E-state index contributed by atoms with van der Waals surface area (Å²) in [6.07, 6.45) is 2.95. The molecule has 2 aromatic carbocycles. The molecule has 26 heavy (non-hydrogen) atoms. The minimum atomic E-state index is -0.638.